The molecular formula is C29H48N4O7. The lowest BCUT2D eigenvalue weighted by molar-refractivity contribution is -0.134. The Balaban J connectivity index is 0.00000308. The zero-order valence-corrected chi connectivity index (χ0v) is 23.7. The minimum Gasteiger partial charge on any atom is -0.497 e. The second-order valence-corrected chi connectivity index (χ2v) is 11.3. The fourth-order valence-electron chi connectivity index (χ4n) is 5.00. The quantitative estimate of drug-likeness (QED) is 0.288. The molecule has 11 nitrogen and oxygen atoms in total. The minimum atomic E-state index is -0.955. The van der Waals surface area contributed by atoms with E-state index in [1.165, 1.54) is 0 Å². The second kappa shape index (κ2) is 13.6. The number of ether oxygens (including phenoxy) is 3. The van der Waals surface area contributed by atoms with Gasteiger partial charge in [-0.3, -0.25) is 24.1 Å². The molecule has 0 spiro atoms. The van der Waals surface area contributed by atoms with E-state index in [9.17, 15) is 19.2 Å². The molecule has 1 aromatic rings. The summed E-state index contributed by atoms with van der Waals surface area (Å²) in [5.41, 5.74) is -0.0556. The number of epoxide rings is 1. The van der Waals surface area contributed by atoms with E-state index in [0.717, 1.165) is 24.8 Å². The van der Waals surface area contributed by atoms with Crippen LogP contribution in [0.15, 0.2) is 24.3 Å². The van der Waals surface area contributed by atoms with Gasteiger partial charge in [0.1, 0.15) is 23.4 Å². The molecule has 3 fully saturated rings. The van der Waals surface area contributed by atoms with Gasteiger partial charge in [0.15, 0.2) is 5.78 Å². The Kier molecular flexibility index (Phi) is 10.2. The summed E-state index contributed by atoms with van der Waals surface area (Å²) >= 11 is 0. The van der Waals surface area contributed by atoms with E-state index >= 15 is 0 Å². The maximum Gasteiger partial charge on any atom is 0.243 e. The molecule has 40 heavy (non-hydrogen) atoms. The van der Waals surface area contributed by atoms with E-state index in [0.29, 0.717) is 51.0 Å². The first-order valence-corrected chi connectivity index (χ1v) is 14.2. The Labute approximate surface area is 240 Å². The predicted octanol–water partition coefficient (Wildman–Crippen LogP) is 1.33. The molecule has 4 rings (SSSR count). The van der Waals surface area contributed by atoms with Crippen molar-refractivity contribution in [2.75, 3.05) is 46.6 Å². The number of nitrogens with one attached hydrogen (secondary N) is 3. The lowest BCUT2D eigenvalue weighted by Crippen LogP contribution is -2.57. The molecule has 1 saturated carbocycles. The van der Waals surface area contributed by atoms with Gasteiger partial charge in [0.05, 0.1) is 39.5 Å². The van der Waals surface area contributed by atoms with Crippen molar-refractivity contribution in [1.29, 1.82) is 0 Å². The summed E-state index contributed by atoms with van der Waals surface area (Å²) in [7, 11) is 1.57. The van der Waals surface area contributed by atoms with Crippen molar-refractivity contribution in [3.8, 4) is 5.75 Å². The first-order chi connectivity index (χ1) is 19.2. The second-order valence-electron chi connectivity index (χ2n) is 11.3. The monoisotopic (exact) mass is 564 g/mol. The largest absolute Gasteiger partial charge is 0.497 e. The first kappa shape index (κ1) is 30.0. The van der Waals surface area contributed by atoms with Crippen LogP contribution in [0.4, 0.5) is 0 Å². The van der Waals surface area contributed by atoms with Gasteiger partial charge in [0.2, 0.25) is 17.7 Å². The summed E-state index contributed by atoms with van der Waals surface area (Å²) in [6.45, 7) is 6.29. The molecule has 4 atom stereocenters. The van der Waals surface area contributed by atoms with Gasteiger partial charge in [0, 0.05) is 23.8 Å². The first-order valence-electron chi connectivity index (χ1n) is 14.2. The van der Waals surface area contributed by atoms with Crippen LogP contribution >= 0.6 is 0 Å². The van der Waals surface area contributed by atoms with Gasteiger partial charge in [-0.15, -0.1) is 0 Å². The number of carbonyl (C=O) groups excluding carboxylic acids is 4. The summed E-state index contributed by atoms with van der Waals surface area (Å²) in [6.07, 6.45) is 3.95. The molecule has 11 heteroatoms. The Morgan fingerprint density at radius 1 is 1.05 bits per heavy atom. The third kappa shape index (κ3) is 8.25. The number of amides is 3. The molecule has 226 valence electrons. The summed E-state index contributed by atoms with van der Waals surface area (Å²) in [5.74, 6) is -0.279. The maximum absolute atomic E-state index is 13.6. The number of benzene rings is 1. The van der Waals surface area contributed by atoms with Gasteiger partial charge in [-0.1, -0.05) is 31.4 Å². The van der Waals surface area contributed by atoms with Gasteiger partial charge in [-0.25, -0.2) is 0 Å². The Morgan fingerprint density at radius 3 is 2.27 bits per heavy atom. The fraction of sp³-hybridized carbons (Fsp3) is 0.655. The van der Waals surface area contributed by atoms with Crippen molar-refractivity contribution in [3.63, 3.8) is 0 Å². The van der Waals surface area contributed by atoms with Crippen LogP contribution in [0.3, 0.4) is 0 Å². The van der Waals surface area contributed by atoms with Crippen molar-refractivity contribution in [1.82, 2.24) is 20.9 Å². The molecule has 0 aromatic heterocycles. The highest BCUT2D eigenvalue weighted by Crippen LogP contribution is 2.34. The molecule has 3 amide bonds. The minimum absolute atomic E-state index is 0. The average Bonchev–Trinajstić information content (AvgIpc) is 3.68. The molecule has 3 N–H and O–H groups in total. The van der Waals surface area contributed by atoms with Crippen LogP contribution in [0, 0.1) is 5.92 Å². The Morgan fingerprint density at radius 2 is 1.70 bits per heavy atom. The van der Waals surface area contributed by atoms with E-state index in [2.05, 4.69) is 16.0 Å². The predicted molar refractivity (Wildman–Crippen MR) is 153 cm³/mol. The summed E-state index contributed by atoms with van der Waals surface area (Å²) < 4.78 is 15.9. The molecule has 0 bridgehead atoms. The molecule has 1 aliphatic carbocycles. The van der Waals surface area contributed by atoms with Crippen LogP contribution in [-0.4, -0.2) is 98.7 Å². The zero-order valence-electron chi connectivity index (χ0n) is 23.7. The molecule has 2 saturated heterocycles. The number of rotatable bonds is 14. The van der Waals surface area contributed by atoms with Crippen LogP contribution in [0.25, 0.3) is 0 Å². The number of hydrogen-bond acceptors (Lipinski definition) is 8. The van der Waals surface area contributed by atoms with E-state index in [1.54, 1.807) is 33.1 Å². The molecule has 0 unspecified atom stereocenters. The number of Topliss-reactive ketones (excluding diaryl/α,β-unsaturated/α-hetero) is 1. The standard InChI is InChI=1S/C29H42N4O7.3H2/c1-19(30-25(34)17-33-11-13-39-14-12-33)27(36)32-24(16-21-7-9-22(38-3)10-8-21)28(37)31-23(15-20-5-4-6-20)26(35)29(2)18-40-29;;;/h7-10,19-20,23-24H,4-6,11-18H2,1-3H3,(H,30,34)(H,31,37)(H,32,36);3*1H/t19-,23-,24-,29+;;;/m0.../s1. The smallest absolute Gasteiger partial charge is 0.243 e. The SMILES string of the molecule is COc1ccc(C[C@H](NC(=O)[C@H](C)NC(=O)CN2CCOCC2)C(=O)N[C@@H](CC2CCC2)C(=O)[C@@]2(C)CO2)cc1.[HH].[HH].[HH]. The molecule has 0 radical (unpaired) electrons. The van der Waals surface area contributed by atoms with Crippen LogP contribution < -0.4 is 20.7 Å². The molecule has 3 aliphatic rings. The third-order valence-corrected chi connectivity index (χ3v) is 8.00. The van der Waals surface area contributed by atoms with Crippen LogP contribution in [0.5, 0.6) is 5.75 Å². The summed E-state index contributed by atoms with van der Waals surface area (Å²) in [4.78, 5) is 54.5. The van der Waals surface area contributed by atoms with E-state index in [1.807, 2.05) is 17.0 Å². The van der Waals surface area contributed by atoms with Crippen molar-refractivity contribution in [2.24, 2.45) is 5.92 Å². The van der Waals surface area contributed by atoms with Crippen molar-refractivity contribution < 1.29 is 37.7 Å². The summed E-state index contributed by atoms with van der Waals surface area (Å²) in [5, 5.41) is 8.47. The number of morpholine rings is 1. The summed E-state index contributed by atoms with van der Waals surface area (Å²) in [6, 6.07) is 4.73. The van der Waals surface area contributed by atoms with Crippen molar-refractivity contribution >= 4 is 23.5 Å². The highest BCUT2D eigenvalue weighted by atomic mass is 16.6. The topological polar surface area (TPSA) is 139 Å². The van der Waals surface area contributed by atoms with Crippen molar-refractivity contribution in [3.05, 3.63) is 29.8 Å². The normalized spacial score (nSPS) is 23.2. The molecule has 2 aliphatic heterocycles. The van der Waals surface area contributed by atoms with Crippen LogP contribution in [0.1, 0.15) is 49.4 Å². The van der Waals surface area contributed by atoms with E-state index in [4.69, 9.17) is 14.2 Å². The zero-order chi connectivity index (χ0) is 28.7. The van der Waals surface area contributed by atoms with Crippen molar-refractivity contribution in [2.45, 2.75) is 69.7 Å². The molecule has 1 aromatic carbocycles. The van der Waals surface area contributed by atoms with Crippen LogP contribution in [-0.2, 0) is 35.1 Å². The van der Waals surface area contributed by atoms with E-state index < -0.39 is 35.5 Å². The number of hydrogen-bond donors (Lipinski definition) is 3. The van der Waals surface area contributed by atoms with Gasteiger partial charge >= 0.3 is 0 Å². The fourth-order valence-corrected chi connectivity index (χ4v) is 5.00. The number of methoxy groups -OCH3 is 1. The number of ketones is 1. The lowest BCUT2D eigenvalue weighted by Gasteiger charge is -2.31. The van der Waals surface area contributed by atoms with Gasteiger partial charge < -0.3 is 30.2 Å². The van der Waals surface area contributed by atoms with Gasteiger partial charge in [-0.05, 0) is 43.9 Å². The van der Waals surface area contributed by atoms with Gasteiger partial charge in [0.25, 0.3) is 0 Å². The van der Waals surface area contributed by atoms with Crippen LogP contribution in [0.2, 0.25) is 0 Å². The Hall–Kier alpha value is -3.02. The maximum atomic E-state index is 13.6. The third-order valence-electron chi connectivity index (χ3n) is 8.00. The number of carbonyl (C=O) groups is 4. The highest BCUT2D eigenvalue weighted by molar-refractivity contribution is 5.98. The number of nitrogens with zero attached hydrogens (tertiary/aromatic N) is 1. The molecule has 2 heterocycles. The highest BCUT2D eigenvalue weighted by Gasteiger charge is 2.50. The lowest BCUT2D eigenvalue weighted by atomic mass is 9.79. The van der Waals surface area contributed by atoms with E-state index in [-0.39, 0.29) is 28.9 Å². The Bertz CT molecular complexity index is 1060. The molecular weight excluding hydrogens is 516 g/mol. The average molecular weight is 565 g/mol. The van der Waals surface area contributed by atoms with Gasteiger partial charge in [-0.2, -0.15) is 0 Å².